The second kappa shape index (κ2) is 6.74. The highest BCUT2D eigenvalue weighted by atomic mass is 16.3. The smallest absolute Gasteiger partial charge is 0.105 e. The van der Waals surface area contributed by atoms with Crippen LogP contribution >= 0.6 is 0 Å². The van der Waals surface area contributed by atoms with Gasteiger partial charge in [0.1, 0.15) is 5.76 Å². The molecule has 0 aliphatic carbocycles. The van der Waals surface area contributed by atoms with E-state index in [9.17, 15) is 0 Å². The zero-order valence-electron chi connectivity index (χ0n) is 11.0. The van der Waals surface area contributed by atoms with Gasteiger partial charge in [0.2, 0.25) is 0 Å². The molecule has 3 unspecified atom stereocenters. The quantitative estimate of drug-likeness (QED) is 0.763. The SMILES string of the molecule is CCC(C)CC(C)NC(C)Cc1ccco1. The maximum Gasteiger partial charge on any atom is 0.105 e. The van der Waals surface area contributed by atoms with Gasteiger partial charge >= 0.3 is 0 Å². The highest BCUT2D eigenvalue weighted by molar-refractivity contribution is 5.00. The van der Waals surface area contributed by atoms with Crippen LogP contribution in [-0.2, 0) is 6.42 Å². The van der Waals surface area contributed by atoms with Gasteiger partial charge in [0.15, 0.2) is 0 Å². The first kappa shape index (κ1) is 13.3. The molecule has 0 aromatic carbocycles. The van der Waals surface area contributed by atoms with E-state index in [4.69, 9.17) is 4.42 Å². The van der Waals surface area contributed by atoms with Crippen molar-refractivity contribution in [2.45, 2.75) is 59.0 Å². The summed E-state index contributed by atoms with van der Waals surface area (Å²) in [6.07, 6.45) is 5.22. The fourth-order valence-electron chi connectivity index (χ4n) is 2.11. The van der Waals surface area contributed by atoms with Gasteiger partial charge in [0, 0.05) is 18.5 Å². The number of furan rings is 1. The first-order valence-electron chi connectivity index (χ1n) is 6.40. The second-order valence-electron chi connectivity index (χ2n) is 5.00. The highest BCUT2D eigenvalue weighted by Gasteiger charge is 2.11. The molecule has 1 aromatic heterocycles. The van der Waals surface area contributed by atoms with Crippen molar-refractivity contribution in [1.82, 2.24) is 5.32 Å². The molecule has 0 spiro atoms. The first-order chi connectivity index (χ1) is 7.61. The molecule has 1 aromatic rings. The molecule has 3 atom stereocenters. The predicted octanol–water partition coefficient (Wildman–Crippen LogP) is 3.62. The summed E-state index contributed by atoms with van der Waals surface area (Å²) in [7, 11) is 0. The van der Waals surface area contributed by atoms with Gasteiger partial charge in [-0.2, -0.15) is 0 Å². The van der Waals surface area contributed by atoms with Crippen LogP contribution in [0.25, 0.3) is 0 Å². The van der Waals surface area contributed by atoms with Crippen LogP contribution in [0.2, 0.25) is 0 Å². The normalized spacial score (nSPS) is 17.0. The Morgan fingerprint density at radius 2 is 2.00 bits per heavy atom. The van der Waals surface area contributed by atoms with E-state index in [1.165, 1.54) is 12.8 Å². The molecular formula is C14H25NO. The molecule has 0 fully saturated rings. The molecule has 0 aliphatic heterocycles. The van der Waals surface area contributed by atoms with E-state index in [-0.39, 0.29) is 0 Å². The van der Waals surface area contributed by atoms with E-state index in [0.717, 1.165) is 18.1 Å². The minimum Gasteiger partial charge on any atom is -0.469 e. The van der Waals surface area contributed by atoms with E-state index < -0.39 is 0 Å². The molecule has 2 nitrogen and oxygen atoms in total. The Morgan fingerprint density at radius 1 is 1.25 bits per heavy atom. The summed E-state index contributed by atoms with van der Waals surface area (Å²) < 4.78 is 5.35. The monoisotopic (exact) mass is 223 g/mol. The Bertz CT molecular complexity index is 268. The molecule has 0 radical (unpaired) electrons. The Labute approximate surface area is 99.4 Å². The average Bonchev–Trinajstić information content (AvgIpc) is 2.69. The van der Waals surface area contributed by atoms with Crippen LogP contribution in [0.4, 0.5) is 0 Å². The third-order valence-electron chi connectivity index (χ3n) is 3.11. The minimum absolute atomic E-state index is 0.477. The molecule has 1 rings (SSSR count). The van der Waals surface area contributed by atoms with Gasteiger partial charge in [-0.3, -0.25) is 0 Å². The third-order valence-corrected chi connectivity index (χ3v) is 3.11. The second-order valence-corrected chi connectivity index (χ2v) is 5.00. The lowest BCUT2D eigenvalue weighted by Gasteiger charge is -2.21. The predicted molar refractivity (Wildman–Crippen MR) is 68.5 cm³/mol. The average molecular weight is 223 g/mol. The van der Waals surface area contributed by atoms with Crippen molar-refractivity contribution in [3.8, 4) is 0 Å². The van der Waals surface area contributed by atoms with Gasteiger partial charge in [0.25, 0.3) is 0 Å². The summed E-state index contributed by atoms with van der Waals surface area (Å²) in [5, 5.41) is 3.62. The molecule has 0 amide bonds. The van der Waals surface area contributed by atoms with E-state index in [0.29, 0.717) is 12.1 Å². The Morgan fingerprint density at radius 3 is 2.56 bits per heavy atom. The van der Waals surface area contributed by atoms with Gasteiger partial charge in [0.05, 0.1) is 6.26 Å². The topological polar surface area (TPSA) is 25.2 Å². The lowest BCUT2D eigenvalue weighted by atomic mass is 9.99. The zero-order valence-corrected chi connectivity index (χ0v) is 11.0. The van der Waals surface area contributed by atoms with Crippen LogP contribution in [0, 0.1) is 5.92 Å². The number of hydrogen-bond acceptors (Lipinski definition) is 2. The van der Waals surface area contributed by atoms with Gasteiger partial charge < -0.3 is 9.73 Å². The Balaban J connectivity index is 2.25. The number of nitrogens with one attached hydrogen (secondary N) is 1. The van der Waals surface area contributed by atoms with Crippen molar-refractivity contribution in [2.24, 2.45) is 5.92 Å². The Hall–Kier alpha value is -0.760. The maximum absolute atomic E-state index is 5.35. The summed E-state index contributed by atoms with van der Waals surface area (Å²) in [6.45, 7) is 9.06. The number of rotatable bonds is 7. The molecule has 0 aliphatic rings. The standard InChI is InChI=1S/C14H25NO/c1-5-11(2)9-12(3)15-13(4)10-14-7-6-8-16-14/h6-8,11-13,15H,5,9-10H2,1-4H3. The summed E-state index contributed by atoms with van der Waals surface area (Å²) in [6, 6.07) is 5.05. The lowest BCUT2D eigenvalue weighted by molar-refractivity contribution is 0.368. The van der Waals surface area contributed by atoms with E-state index >= 15 is 0 Å². The van der Waals surface area contributed by atoms with Crippen molar-refractivity contribution in [3.05, 3.63) is 24.2 Å². The van der Waals surface area contributed by atoms with Crippen LogP contribution in [-0.4, -0.2) is 12.1 Å². The Kier molecular flexibility index (Phi) is 5.61. The van der Waals surface area contributed by atoms with Gasteiger partial charge in [-0.15, -0.1) is 0 Å². The highest BCUT2D eigenvalue weighted by Crippen LogP contribution is 2.11. The summed E-state index contributed by atoms with van der Waals surface area (Å²) in [5.41, 5.74) is 0. The fourth-order valence-corrected chi connectivity index (χ4v) is 2.11. The maximum atomic E-state index is 5.35. The van der Waals surface area contributed by atoms with Gasteiger partial charge in [-0.25, -0.2) is 0 Å². The van der Waals surface area contributed by atoms with Crippen molar-refractivity contribution in [1.29, 1.82) is 0 Å². The molecule has 0 bridgehead atoms. The van der Waals surface area contributed by atoms with Crippen molar-refractivity contribution < 1.29 is 4.42 Å². The summed E-state index contributed by atoms with van der Waals surface area (Å²) in [4.78, 5) is 0. The fraction of sp³-hybridized carbons (Fsp3) is 0.714. The zero-order chi connectivity index (χ0) is 12.0. The van der Waals surface area contributed by atoms with Crippen LogP contribution in [0.3, 0.4) is 0 Å². The minimum atomic E-state index is 0.477. The van der Waals surface area contributed by atoms with Gasteiger partial charge in [-0.05, 0) is 38.3 Å². The molecule has 16 heavy (non-hydrogen) atoms. The molecule has 1 heterocycles. The third kappa shape index (κ3) is 4.84. The van der Waals surface area contributed by atoms with Crippen molar-refractivity contribution in [3.63, 3.8) is 0 Å². The van der Waals surface area contributed by atoms with Crippen LogP contribution in [0.15, 0.2) is 22.8 Å². The van der Waals surface area contributed by atoms with Crippen LogP contribution in [0.5, 0.6) is 0 Å². The van der Waals surface area contributed by atoms with Crippen molar-refractivity contribution in [2.75, 3.05) is 0 Å². The van der Waals surface area contributed by atoms with E-state index in [2.05, 4.69) is 33.0 Å². The summed E-state index contributed by atoms with van der Waals surface area (Å²) in [5.74, 6) is 1.87. The van der Waals surface area contributed by atoms with Crippen LogP contribution in [0.1, 0.15) is 46.3 Å². The summed E-state index contributed by atoms with van der Waals surface area (Å²) >= 11 is 0. The molecule has 2 heteroatoms. The molecule has 0 saturated heterocycles. The first-order valence-corrected chi connectivity index (χ1v) is 6.40. The van der Waals surface area contributed by atoms with Crippen molar-refractivity contribution >= 4 is 0 Å². The van der Waals surface area contributed by atoms with Gasteiger partial charge in [-0.1, -0.05) is 20.3 Å². The van der Waals surface area contributed by atoms with E-state index in [1.807, 2.05) is 12.1 Å². The molecular weight excluding hydrogens is 198 g/mol. The van der Waals surface area contributed by atoms with E-state index in [1.54, 1.807) is 6.26 Å². The molecule has 92 valence electrons. The largest absolute Gasteiger partial charge is 0.469 e. The van der Waals surface area contributed by atoms with Crippen LogP contribution < -0.4 is 5.32 Å². The molecule has 1 N–H and O–H groups in total. The number of hydrogen-bond donors (Lipinski definition) is 1. The lowest BCUT2D eigenvalue weighted by Crippen LogP contribution is -2.36. The molecule has 0 saturated carbocycles.